The van der Waals surface area contributed by atoms with Gasteiger partial charge in [0, 0.05) is 28.4 Å². The number of rotatable bonds is 4. The predicted octanol–water partition coefficient (Wildman–Crippen LogP) is 3.56. The van der Waals surface area contributed by atoms with Crippen LogP contribution in [0, 0.1) is 0 Å². The molecule has 3 rings (SSSR count). The van der Waals surface area contributed by atoms with Gasteiger partial charge in [0.2, 0.25) is 0 Å². The molecule has 0 spiro atoms. The lowest BCUT2D eigenvalue weighted by Gasteiger charge is -2.10. The van der Waals surface area contributed by atoms with Crippen LogP contribution in [-0.2, 0) is 6.54 Å². The molecule has 1 amide bonds. The fourth-order valence-electron chi connectivity index (χ4n) is 2.06. The van der Waals surface area contributed by atoms with Crippen molar-refractivity contribution < 1.29 is 9.21 Å². The molecular weight excluding hydrogens is 351 g/mol. The minimum atomic E-state index is -0.422. The second-order valence-electron chi connectivity index (χ2n) is 4.85. The number of nitrogens with one attached hydrogen (secondary N) is 1. The van der Waals surface area contributed by atoms with E-state index in [1.165, 1.54) is 12.5 Å². The molecule has 6 nitrogen and oxygen atoms in total. The van der Waals surface area contributed by atoms with Crippen molar-refractivity contribution in [3.63, 3.8) is 0 Å². The van der Waals surface area contributed by atoms with Gasteiger partial charge in [-0.1, -0.05) is 29.3 Å². The monoisotopic (exact) mass is 362 g/mol. The maximum atomic E-state index is 12.3. The predicted molar refractivity (Wildman–Crippen MR) is 91.8 cm³/mol. The third-order valence-corrected chi connectivity index (χ3v) is 4.00. The van der Waals surface area contributed by atoms with E-state index in [-0.39, 0.29) is 17.9 Å². The van der Waals surface area contributed by atoms with Gasteiger partial charge in [0.25, 0.3) is 5.91 Å². The lowest BCUT2D eigenvalue weighted by Crippen LogP contribution is -2.24. The molecule has 24 heavy (non-hydrogen) atoms. The molecule has 0 radical (unpaired) electrons. The quantitative estimate of drug-likeness (QED) is 0.739. The molecule has 0 aliphatic carbocycles. The first-order chi connectivity index (χ1) is 11.6. The van der Waals surface area contributed by atoms with Crippen LogP contribution in [0.15, 0.2) is 47.2 Å². The van der Waals surface area contributed by atoms with Gasteiger partial charge >= 0.3 is 0 Å². The largest absolute Gasteiger partial charge is 0.461 e. The zero-order chi connectivity index (χ0) is 17.1. The molecule has 1 aromatic carbocycles. The lowest BCUT2D eigenvalue weighted by atomic mass is 10.2. The Balaban J connectivity index is 1.76. The average molecular weight is 363 g/mol. The number of aromatic nitrogens is 2. The Bertz CT molecular complexity index is 862. The van der Waals surface area contributed by atoms with Crippen molar-refractivity contribution in [1.82, 2.24) is 15.3 Å². The molecule has 3 N–H and O–H groups in total. The summed E-state index contributed by atoms with van der Waals surface area (Å²) in [7, 11) is 0. The number of carbonyl (C=O) groups is 1. The van der Waals surface area contributed by atoms with E-state index in [1.807, 2.05) is 0 Å². The zero-order valence-corrected chi connectivity index (χ0v) is 13.8. The molecule has 0 atom stereocenters. The third kappa shape index (κ3) is 3.34. The van der Waals surface area contributed by atoms with Crippen molar-refractivity contribution in [2.24, 2.45) is 0 Å². The summed E-state index contributed by atoms with van der Waals surface area (Å²) in [5.74, 6) is 0.411. The normalized spacial score (nSPS) is 10.6. The number of nitrogens with two attached hydrogens (primary N) is 1. The summed E-state index contributed by atoms with van der Waals surface area (Å²) < 4.78 is 5.20. The van der Waals surface area contributed by atoms with Gasteiger partial charge < -0.3 is 15.5 Å². The smallest absolute Gasteiger partial charge is 0.256 e. The van der Waals surface area contributed by atoms with Gasteiger partial charge in [0.15, 0.2) is 11.6 Å². The summed E-state index contributed by atoms with van der Waals surface area (Å²) in [5.41, 5.74) is 6.64. The Hall–Kier alpha value is -2.57. The van der Waals surface area contributed by atoms with Crippen LogP contribution in [0.1, 0.15) is 15.9 Å². The fraction of sp³-hybridized carbons (Fsp3) is 0.0625. The van der Waals surface area contributed by atoms with Crippen LogP contribution >= 0.6 is 23.2 Å². The summed E-state index contributed by atoms with van der Waals surface area (Å²) in [5, 5.41) is 3.65. The van der Waals surface area contributed by atoms with E-state index in [9.17, 15) is 4.79 Å². The molecule has 0 aliphatic rings. The van der Waals surface area contributed by atoms with E-state index in [2.05, 4.69) is 15.3 Å². The highest BCUT2D eigenvalue weighted by molar-refractivity contribution is 6.36. The minimum Gasteiger partial charge on any atom is -0.461 e. The number of hydrogen-bond donors (Lipinski definition) is 2. The summed E-state index contributed by atoms with van der Waals surface area (Å²) in [6, 6.07) is 8.54. The van der Waals surface area contributed by atoms with Crippen LogP contribution in [0.25, 0.3) is 11.6 Å². The number of nitrogens with zero attached hydrogens (tertiary/aromatic N) is 2. The maximum Gasteiger partial charge on any atom is 0.256 e. The first-order valence-electron chi connectivity index (χ1n) is 6.93. The van der Waals surface area contributed by atoms with Crippen molar-refractivity contribution >= 4 is 34.9 Å². The molecule has 8 heteroatoms. The molecule has 0 saturated carbocycles. The Labute approximate surface area is 147 Å². The van der Waals surface area contributed by atoms with E-state index in [4.69, 9.17) is 33.4 Å². The van der Waals surface area contributed by atoms with E-state index in [1.54, 1.807) is 30.3 Å². The second-order valence-corrected chi connectivity index (χ2v) is 5.67. The number of anilines is 1. The SMILES string of the molecule is Nc1nc(-c2ccco2)ncc1C(=O)NCc1c(Cl)cccc1Cl. The Kier molecular flexibility index (Phi) is 4.69. The fourth-order valence-corrected chi connectivity index (χ4v) is 2.59. The van der Waals surface area contributed by atoms with Crippen LogP contribution in [0.4, 0.5) is 5.82 Å². The third-order valence-electron chi connectivity index (χ3n) is 3.29. The Morgan fingerprint density at radius 2 is 1.96 bits per heavy atom. The molecule has 0 bridgehead atoms. The topological polar surface area (TPSA) is 94.0 Å². The summed E-state index contributed by atoms with van der Waals surface area (Å²) in [6.45, 7) is 0.163. The van der Waals surface area contributed by atoms with Crippen LogP contribution in [-0.4, -0.2) is 15.9 Å². The summed E-state index contributed by atoms with van der Waals surface area (Å²) >= 11 is 12.1. The molecule has 0 saturated heterocycles. The molecule has 2 heterocycles. The van der Waals surface area contributed by atoms with Gasteiger partial charge in [-0.05, 0) is 24.3 Å². The van der Waals surface area contributed by atoms with Crippen LogP contribution in [0.5, 0.6) is 0 Å². The molecule has 3 aromatic rings. The van der Waals surface area contributed by atoms with Gasteiger partial charge in [-0.2, -0.15) is 0 Å². The molecular formula is C16H12Cl2N4O2. The summed E-state index contributed by atoms with van der Waals surface area (Å²) in [4.78, 5) is 20.5. The Morgan fingerprint density at radius 1 is 1.21 bits per heavy atom. The second kappa shape index (κ2) is 6.90. The summed E-state index contributed by atoms with van der Waals surface area (Å²) in [6.07, 6.45) is 2.85. The average Bonchev–Trinajstić information content (AvgIpc) is 3.08. The van der Waals surface area contributed by atoms with Gasteiger partial charge in [-0.15, -0.1) is 0 Å². The van der Waals surface area contributed by atoms with Crippen molar-refractivity contribution in [3.05, 3.63) is 64.0 Å². The number of carbonyl (C=O) groups excluding carboxylic acids is 1. The van der Waals surface area contributed by atoms with Crippen LogP contribution in [0.2, 0.25) is 10.0 Å². The van der Waals surface area contributed by atoms with Crippen molar-refractivity contribution in [2.45, 2.75) is 6.54 Å². The van der Waals surface area contributed by atoms with Crippen LogP contribution in [0.3, 0.4) is 0 Å². The molecule has 0 unspecified atom stereocenters. The molecule has 122 valence electrons. The molecule has 0 aliphatic heterocycles. The van der Waals surface area contributed by atoms with Gasteiger partial charge in [-0.25, -0.2) is 9.97 Å². The van der Waals surface area contributed by atoms with E-state index in [0.29, 0.717) is 27.2 Å². The minimum absolute atomic E-state index is 0.0548. The Morgan fingerprint density at radius 3 is 2.58 bits per heavy atom. The number of nitrogen functional groups attached to an aromatic ring is 1. The highest BCUT2D eigenvalue weighted by Crippen LogP contribution is 2.24. The van der Waals surface area contributed by atoms with E-state index in [0.717, 1.165) is 0 Å². The molecule has 0 fully saturated rings. The number of benzene rings is 1. The van der Waals surface area contributed by atoms with E-state index >= 15 is 0 Å². The van der Waals surface area contributed by atoms with Gasteiger partial charge in [-0.3, -0.25) is 4.79 Å². The van der Waals surface area contributed by atoms with Crippen molar-refractivity contribution in [3.8, 4) is 11.6 Å². The highest BCUT2D eigenvalue weighted by Gasteiger charge is 2.15. The van der Waals surface area contributed by atoms with E-state index < -0.39 is 5.91 Å². The van der Waals surface area contributed by atoms with Crippen LogP contribution < -0.4 is 11.1 Å². The standard InChI is InChI=1S/C16H12Cl2N4O2/c17-11-3-1-4-12(18)9(11)7-21-16(23)10-8-20-15(22-14(10)19)13-5-2-6-24-13/h1-6,8H,7H2,(H,21,23)(H2,19,20,22). The van der Waals surface area contributed by atoms with Gasteiger partial charge in [0.1, 0.15) is 5.82 Å². The first-order valence-corrected chi connectivity index (χ1v) is 7.69. The number of furan rings is 1. The lowest BCUT2D eigenvalue weighted by molar-refractivity contribution is 0.0951. The zero-order valence-electron chi connectivity index (χ0n) is 12.3. The number of halogens is 2. The van der Waals surface area contributed by atoms with Gasteiger partial charge in [0.05, 0.1) is 11.8 Å². The maximum absolute atomic E-state index is 12.3. The first kappa shape index (κ1) is 16.3. The number of amides is 1. The van der Waals surface area contributed by atoms with Crippen molar-refractivity contribution in [2.75, 3.05) is 5.73 Å². The molecule has 2 aromatic heterocycles. The highest BCUT2D eigenvalue weighted by atomic mass is 35.5. The number of hydrogen-bond acceptors (Lipinski definition) is 5. The van der Waals surface area contributed by atoms with Crippen molar-refractivity contribution in [1.29, 1.82) is 0 Å².